The van der Waals surface area contributed by atoms with Crippen LogP contribution in [-0.4, -0.2) is 25.8 Å². The SMILES string of the molecule is C#CCNc1cc(-n2ncc(=O)n(C)c2=O)c(F)cc1[N+](=O)[O-]. The van der Waals surface area contributed by atoms with Crippen LogP contribution in [0.15, 0.2) is 27.9 Å². The molecule has 23 heavy (non-hydrogen) atoms. The third kappa shape index (κ3) is 2.93. The summed E-state index contributed by atoms with van der Waals surface area (Å²) in [7, 11) is 1.20. The van der Waals surface area contributed by atoms with Crippen molar-refractivity contribution < 1.29 is 9.31 Å². The van der Waals surface area contributed by atoms with Crippen LogP contribution in [-0.2, 0) is 7.05 Å². The van der Waals surface area contributed by atoms with Gasteiger partial charge in [-0.05, 0) is 6.07 Å². The van der Waals surface area contributed by atoms with Gasteiger partial charge < -0.3 is 5.32 Å². The highest BCUT2D eigenvalue weighted by molar-refractivity contribution is 5.66. The predicted octanol–water partition coefficient (Wildman–Crippen LogP) is 0.0236. The molecule has 0 aliphatic rings. The van der Waals surface area contributed by atoms with E-state index in [9.17, 15) is 24.1 Å². The fourth-order valence-electron chi connectivity index (χ4n) is 1.80. The van der Waals surface area contributed by atoms with E-state index in [0.717, 1.165) is 16.8 Å². The molecular formula is C13H10FN5O4. The van der Waals surface area contributed by atoms with Gasteiger partial charge in [-0.1, -0.05) is 5.92 Å². The highest BCUT2D eigenvalue weighted by Gasteiger charge is 2.20. The quantitative estimate of drug-likeness (QED) is 0.483. The number of benzene rings is 1. The Kier molecular flexibility index (Phi) is 4.22. The first-order chi connectivity index (χ1) is 10.9. The lowest BCUT2D eigenvalue weighted by atomic mass is 10.2. The summed E-state index contributed by atoms with van der Waals surface area (Å²) >= 11 is 0. The van der Waals surface area contributed by atoms with Gasteiger partial charge in [0, 0.05) is 7.05 Å². The highest BCUT2D eigenvalue weighted by Crippen LogP contribution is 2.28. The van der Waals surface area contributed by atoms with Gasteiger partial charge in [-0.25, -0.2) is 9.18 Å². The summed E-state index contributed by atoms with van der Waals surface area (Å²) < 4.78 is 15.5. The zero-order valence-electron chi connectivity index (χ0n) is 11.8. The second-order valence-electron chi connectivity index (χ2n) is 4.37. The molecule has 0 atom stereocenters. The first kappa shape index (κ1) is 15.9. The lowest BCUT2D eigenvalue weighted by molar-refractivity contribution is -0.384. The number of hydrogen-bond donors (Lipinski definition) is 1. The Balaban J connectivity index is 2.71. The van der Waals surface area contributed by atoms with E-state index < -0.39 is 27.7 Å². The first-order valence-corrected chi connectivity index (χ1v) is 6.17. The Morgan fingerprint density at radius 2 is 2.17 bits per heavy atom. The molecule has 10 heteroatoms. The van der Waals surface area contributed by atoms with Crippen molar-refractivity contribution >= 4 is 11.4 Å². The number of terminal acetylenes is 1. The van der Waals surface area contributed by atoms with Crippen LogP contribution >= 0.6 is 0 Å². The molecule has 1 N–H and O–H groups in total. The van der Waals surface area contributed by atoms with Crippen LogP contribution in [0.1, 0.15) is 0 Å². The summed E-state index contributed by atoms with van der Waals surface area (Å²) in [6.45, 7) is -0.0402. The van der Waals surface area contributed by atoms with E-state index in [1.807, 2.05) is 0 Å². The lowest BCUT2D eigenvalue weighted by Gasteiger charge is -2.10. The fraction of sp³-hybridized carbons (Fsp3) is 0.154. The molecule has 2 aromatic rings. The summed E-state index contributed by atoms with van der Waals surface area (Å²) in [5.41, 5.74) is -2.53. The maximum atomic E-state index is 14.2. The summed E-state index contributed by atoms with van der Waals surface area (Å²) in [6, 6.07) is 1.68. The molecule has 0 aliphatic heterocycles. The highest BCUT2D eigenvalue weighted by atomic mass is 19.1. The van der Waals surface area contributed by atoms with E-state index in [1.54, 1.807) is 0 Å². The van der Waals surface area contributed by atoms with Crippen molar-refractivity contribution in [1.82, 2.24) is 14.3 Å². The maximum Gasteiger partial charge on any atom is 0.352 e. The number of nitro groups is 1. The van der Waals surface area contributed by atoms with Gasteiger partial charge in [-0.2, -0.15) is 9.78 Å². The zero-order chi connectivity index (χ0) is 17.1. The Morgan fingerprint density at radius 1 is 1.48 bits per heavy atom. The van der Waals surface area contributed by atoms with Crippen LogP contribution < -0.4 is 16.6 Å². The van der Waals surface area contributed by atoms with E-state index in [2.05, 4.69) is 16.3 Å². The molecule has 0 unspecified atom stereocenters. The normalized spacial score (nSPS) is 10.1. The number of aromatic nitrogens is 3. The largest absolute Gasteiger partial charge is 0.369 e. The van der Waals surface area contributed by atoms with Gasteiger partial charge in [-0.3, -0.25) is 19.5 Å². The van der Waals surface area contributed by atoms with Crippen LogP contribution in [0, 0.1) is 28.3 Å². The number of anilines is 1. The Morgan fingerprint density at radius 3 is 2.78 bits per heavy atom. The van der Waals surface area contributed by atoms with Gasteiger partial charge in [0.2, 0.25) is 0 Å². The van der Waals surface area contributed by atoms with Crippen molar-refractivity contribution in [1.29, 1.82) is 0 Å². The van der Waals surface area contributed by atoms with E-state index >= 15 is 0 Å². The van der Waals surface area contributed by atoms with Crippen LogP contribution in [0.4, 0.5) is 15.8 Å². The van der Waals surface area contributed by atoms with Crippen LogP contribution in [0.25, 0.3) is 5.69 Å². The second kappa shape index (κ2) is 6.10. The van der Waals surface area contributed by atoms with Crippen LogP contribution in [0.5, 0.6) is 0 Å². The minimum atomic E-state index is -1.05. The van der Waals surface area contributed by atoms with Crippen molar-refractivity contribution in [2.24, 2.45) is 7.05 Å². The molecular weight excluding hydrogens is 309 g/mol. The van der Waals surface area contributed by atoms with E-state index in [4.69, 9.17) is 6.42 Å². The van der Waals surface area contributed by atoms with Gasteiger partial charge in [0.25, 0.3) is 11.2 Å². The summed E-state index contributed by atoms with van der Waals surface area (Å²) in [5.74, 6) is 1.18. The van der Waals surface area contributed by atoms with Gasteiger partial charge >= 0.3 is 5.69 Å². The fourth-order valence-corrected chi connectivity index (χ4v) is 1.80. The molecule has 0 saturated heterocycles. The molecule has 0 spiro atoms. The molecule has 0 radical (unpaired) electrons. The van der Waals surface area contributed by atoms with Gasteiger partial charge in [0.1, 0.15) is 17.6 Å². The minimum Gasteiger partial charge on any atom is -0.369 e. The molecule has 2 rings (SSSR count). The molecule has 0 amide bonds. The topological polar surface area (TPSA) is 112 Å². The monoisotopic (exact) mass is 319 g/mol. The second-order valence-corrected chi connectivity index (χ2v) is 4.37. The third-order valence-electron chi connectivity index (χ3n) is 2.95. The average Bonchev–Trinajstić information content (AvgIpc) is 2.51. The molecule has 0 saturated carbocycles. The number of hydrogen-bond acceptors (Lipinski definition) is 6. The molecule has 1 aromatic heterocycles. The maximum absolute atomic E-state index is 14.2. The third-order valence-corrected chi connectivity index (χ3v) is 2.95. The average molecular weight is 319 g/mol. The van der Waals surface area contributed by atoms with Crippen molar-refractivity contribution in [2.75, 3.05) is 11.9 Å². The van der Waals surface area contributed by atoms with E-state index in [-0.39, 0.29) is 17.9 Å². The Bertz CT molecular complexity index is 941. The van der Waals surface area contributed by atoms with Crippen LogP contribution in [0.3, 0.4) is 0 Å². The minimum absolute atomic E-state index is 0.0402. The number of nitrogens with one attached hydrogen (secondary N) is 1. The molecule has 0 bridgehead atoms. The van der Waals surface area contributed by atoms with Crippen molar-refractivity contribution in [3.8, 4) is 18.0 Å². The van der Waals surface area contributed by atoms with E-state index in [0.29, 0.717) is 10.7 Å². The summed E-state index contributed by atoms with van der Waals surface area (Å²) in [5, 5.41) is 17.1. The molecule has 1 aromatic carbocycles. The predicted molar refractivity (Wildman–Crippen MR) is 79.0 cm³/mol. The Hall–Kier alpha value is -3.48. The summed E-state index contributed by atoms with van der Waals surface area (Å²) in [6.07, 6.45) is 5.91. The summed E-state index contributed by atoms with van der Waals surface area (Å²) in [4.78, 5) is 33.5. The molecule has 118 valence electrons. The van der Waals surface area contributed by atoms with Gasteiger partial charge in [0.05, 0.1) is 17.5 Å². The van der Waals surface area contributed by atoms with Crippen molar-refractivity contribution in [2.45, 2.75) is 0 Å². The van der Waals surface area contributed by atoms with Gasteiger partial charge in [-0.15, -0.1) is 6.42 Å². The number of nitro benzene ring substituents is 1. The number of halogens is 1. The molecule has 0 fully saturated rings. The van der Waals surface area contributed by atoms with Crippen molar-refractivity contribution in [3.63, 3.8) is 0 Å². The van der Waals surface area contributed by atoms with Crippen LogP contribution in [0.2, 0.25) is 0 Å². The molecule has 9 nitrogen and oxygen atoms in total. The van der Waals surface area contributed by atoms with Gasteiger partial charge in [0.15, 0.2) is 5.82 Å². The van der Waals surface area contributed by atoms with Crippen molar-refractivity contribution in [3.05, 3.63) is 55.1 Å². The lowest BCUT2D eigenvalue weighted by Crippen LogP contribution is -2.38. The zero-order valence-corrected chi connectivity index (χ0v) is 11.8. The smallest absolute Gasteiger partial charge is 0.352 e. The standard InChI is InChI=1S/C13H10FN5O4/c1-3-4-15-9-6-10(8(14)5-11(9)19(22)23)18-13(21)17(2)12(20)7-16-18/h1,5-7,15H,4H2,2H3. The molecule has 1 heterocycles. The first-order valence-electron chi connectivity index (χ1n) is 6.17. The molecule has 0 aliphatic carbocycles. The van der Waals surface area contributed by atoms with E-state index in [1.165, 1.54) is 7.05 Å². The number of nitrogens with zero attached hydrogens (tertiary/aromatic N) is 4. The number of rotatable bonds is 4. The Labute approximate surface area is 128 Å².